The van der Waals surface area contributed by atoms with Gasteiger partial charge in [0.1, 0.15) is 17.2 Å². The van der Waals surface area contributed by atoms with E-state index in [1.54, 1.807) is 0 Å². The van der Waals surface area contributed by atoms with Gasteiger partial charge in [0.05, 0.1) is 6.61 Å². The second-order valence-corrected chi connectivity index (χ2v) is 2.55. The van der Waals surface area contributed by atoms with Crippen LogP contribution in [0.5, 0.6) is 0 Å². The van der Waals surface area contributed by atoms with Gasteiger partial charge in [0.15, 0.2) is 0 Å². The first kappa shape index (κ1) is 9.32. The van der Waals surface area contributed by atoms with Crippen LogP contribution in [0.4, 0.5) is 0 Å². The van der Waals surface area contributed by atoms with Crippen molar-refractivity contribution in [2.24, 2.45) is 0 Å². The molecule has 0 radical (unpaired) electrons. The van der Waals surface area contributed by atoms with Crippen molar-refractivity contribution >= 4 is 15.9 Å². The van der Waals surface area contributed by atoms with Crippen molar-refractivity contribution in [3.8, 4) is 0 Å². The van der Waals surface area contributed by atoms with E-state index >= 15 is 0 Å². The van der Waals surface area contributed by atoms with Gasteiger partial charge in [0, 0.05) is 0 Å². The molecule has 4 nitrogen and oxygen atoms in total. The van der Waals surface area contributed by atoms with Crippen molar-refractivity contribution in [3.05, 3.63) is 0 Å². The Hall–Kier alpha value is 0.320. The maximum absolute atomic E-state index is 8.69. The molecular formula is C4H9BrO4. The third kappa shape index (κ3) is 3.12. The molecule has 4 N–H and O–H groups in total. The average Bonchev–Trinajstić information content (AvgIpc) is 1.84. The number of aliphatic hydroxyl groups is 4. The van der Waals surface area contributed by atoms with Crippen molar-refractivity contribution in [3.63, 3.8) is 0 Å². The lowest BCUT2D eigenvalue weighted by Gasteiger charge is -2.16. The highest BCUT2D eigenvalue weighted by Crippen LogP contribution is 2.04. The van der Waals surface area contributed by atoms with Crippen molar-refractivity contribution in [1.29, 1.82) is 0 Å². The second kappa shape index (κ2) is 4.19. The highest BCUT2D eigenvalue weighted by Gasteiger charge is 2.20. The van der Waals surface area contributed by atoms with Crippen LogP contribution in [0, 0.1) is 0 Å². The summed E-state index contributed by atoms with van der Waals surface area (Å²) in [6.45, 7) is -0.566. The molecule has 0 aromatic heterocycles. The lowest BCUT2D eigenvalue weighted by atomic mass is 10.2. The van der Waals surface area contributed by atoms with E-state index in [0.717, 1.165) is 0 Å². The first-order chi connectivity index (χ1) is 4.09. The Bertz CT molecular complexity index is 77.0. The van der Waals surface area contributed by atoms with Gasteiger partial charge >= 0.3 is 0 Å². The van der Waals surface area contributed by atoms with E-state index in [1.807, 2.05) is 0 Å². The van der Waals surface area contributed by atoms with Gasteiger partial charge in [-0.15, -0.1) is 0 Å². The van der Waals surface area contributed by atoms with Gasteiger partial charge < -0.3 is 20.4 Å². The molecule has 1 unspecified atom stereocenters. The monoisotopic (exact) mass is 200 g/mol. The van der Waals surface area contributed by atoms with Gasteiger partial charge in [-0.1, -0.05) is 15.9 Å². The molecule has 5 heteroatoms. The number of aliphatic hydroxyl groups excluding tert-OH is 4. The topological polar surface area (TPSA) is 80.9 Å². The number of halogens is 1. The third-order valence-corrected chi connectivity index (χ3v) is 1.40. The summed E-state index contributed by atoms with van der Waals surface area (Å²) in [6.07, 6.45) is -2.63. The summed E-state index contributed by atoms with van der Waals surface area (Å²) in [5.41, 5.74) is 0. The van der Waals surface area contributed by atoms with Gasteiger partial charge in [-0.05, 0) is 0 Å². The second-order valence-electron chi connectivity index (χ2n) is 1.61. The third-order valence-electron chi connectivity index (χ3n) is 0.863. The molecule has 0 heterocycles. The molecule has 0 spiro atoms. The Morgan fingerprint density at radius 2 is 1.67 bits per heavy atom. The molecule has 0 amide bonds. The quantitative estimate of drug-likeness (QED) is 0.415. The minimum Gasteiger partial charge on any atom is -0.394 e. The Morgan fingerprint density at radius 3 is 1.78 bits per heavy atom. The van der Waals surface area contributed by atoms with Crippen LogP contribution in [0.3, 0.4) is 0 Å². The molecule has 0 aliphatic heterocycles. The molecule has 0 aromatic carbocycles. The lowest BCUT2D eigenvalue weighted by Crippen LogP contribution is -2.36. The summed E-state index contributed by atoms with van der Waals surface area (Å²) in [5.74, 6) is 0. The van der Waals surface area contributed by atoms with Crippen LogP contribution in [0.2, 0.25) is 0 Å². The van der Waals surface area contributed by atoms with Crippen LogP contribution < -0.4 is 0 Å². The largest absolute Gasteiger partial charge is 0.394 e. The fourth-order valence-electron chi connectivity index (χ4n) is 0.291. The molecular weight excluding hydrogens is 192 g/mol. The molecule has 9 heavy (non-hydrogen) atoms. The van der Waals surface area contributed by atoms with Crippen LogP contribution in [-0.2, 0) is 0 Å². The van der Waals surface area contributed by atoms with Crippen molar-refractivity contribution in [1.82, 2.24) is 0 Å². The molecule has 3 atom stereocenters. The summed E-state index contributed by atoms with van der Waals surface area (Å²) in [5, 5.41) is 32.8. The van der Waals surface area contributed by atoms with E-state index in [-0.39, 0.29) is 0 Å². The zero-order valence-corrected chi connectivity index (χ0v) is 6.19. The Labute approximate surface area is 60.9 Å². The van der Waals surface area contributed by atoms with E-state index in [0.29, 0.717) is 0 Å². The molecule has 0 aliphatic rings. The lowest BCUT2D eigenvalue weighted by molar-refractivity contribution is -0.0472. The maximum Gasteiger partial charge on any atom is 0.137 e. The van der Waals surface area contributed by atoms with Crippen LogP contribution >= 0.6 is 15.9 Å². The molecule has 56 valence electrons. The van der Waals surface area contributed by atoms with Crippen LogP contribution in [0.25, 0.3) is 0 Å². The fourth-order valence-corrected chi connectivity index (χ4v) is 0.644. The first-order valence-corrected chi connectivity index (χ1v) is 3.30. The summed E-state index contributed by atoms with van der Waals surface area (Å²) in [4.78, 5) is 0. The van der Waals surface area contributed by atoms with Crippen LogP contribution in [0.15, 0.2) is 0 Å². The maximum atomic E-state index is 8.69. The van der Waals surface area contributed by atoms with Crippen molar-refractivity contribution in [2.45, 2.75) is 17.2 Å². The SMILES string of the molecule is OC[C@@H](O)[C@@H](O)C(O)Br. The Morgan fingerprint density at radius 1 is 1.22 bits per heavy atom. The number of hydrogen-bond acceptors (Lipinski definition) is 4. The Balaban J connectivity index is 3.58. The predicted octanol–water partition coefficient (Wildman–Crippen LogP) is -1.59. The van der Waals surface area contributed by atoms with Gasteiger partial charge in [-0.25, -0.2) is 0 Å². The molecule has 0 fully saturated rings. The zero-order valence-electron chi connectivity index (χ0n) is 4.61. The van der Waals surface area contributed by atoms with E-state index in [2.05, 4.69) is 15.9 Å². The van der Waals surface area contributed by atoms with E-state index in [1.165, 1.54) is 0 Å². The minimum atomic E-state index is -1.34. The van der Waals surface area contributed by atoms with E-state index in [9.17, 15) is 0 Å². The van der Waals surface area contributed by atoms with Crippen molar-refractivity contribution in [2.75, 3.05) is 6.61 Å². The zero-order chi connectivity index (χ0) is 7.44. The summed E-state index contributed by atoms with van der Waals surface area (Å²) in [7, 11) is 0. The highest BCUT2D eigenvalue weighted by atomic mass is 79.9. The summed E-state index contributed by atoms with van der Waals surface area (Å²) in [6, 6.07) is 0. The minimum absolute atomic E-state index is 0.566. The standard InChI is InChI=1S/C4H9BrO4/c5-4(9)3(8)2(7)1-6/h2-4,6-9H,1H2/t2-,3-,4?/m1/s1. The Kier molecular flexibility index (Phi) is 4.33. The van der Waals surface area contributed by atoms with Crippen molar-refractivity contribution < 1.29 is 20.4 Å². The predicted molar refractivity (Wildman–Crippen MR) is 34.0 cm³/mol. The summed E-state index contributed by atoms with van der Waals surface area (Å²) >= 11 is 2.62. The van der Waals surface area contributed by atoms with Gasteiger partial charge in [-0.3, -0.25) is 0 Å². The number of alkyl halides is 1. The van der Waals surface area contributed by atoms with Crippen LogP contribution in [0.1, 0.15) is 0 Å². The normalized spacial score (nSPS) is 21.0. The fraction of sp³-hybridized carbons (Fsp3) is 1.00. The van der Waals surface area contributed by atoms with Gasteiger partial charge in [-0.2, -0.15) is 0 Å². The highest BCUT2D eigenvalue weighted by molar-refractivity contribution is 9.09. The van der Waals surface area contributed by atoms with Gasteiger partial charge in [0.2, 0.25) is 0 Å². The molecule has 0 bridgehead atoms. The van der Waals surface area contributed by atoms with Gasteiger partial charge in [0.25, 0.3) is 0 Å². The molecule has 0 aliphatic carbocycles. The van der Waals surface area contributed by atoms with E-state index < -0.39 is 23.8 Å². The number of rotatable bonds is 3. The first-order valence-electron chi connectivity index (χ1n) is 2.38. The van der Waals surface area contributed by atoms with E-state index in [4.69, 9.17) is 20.4 Å². The molecule has 0 rings (SSSR count). The van der Waals surface area contributed by atoms with Crippen LogP contribution in [-0.4, -0.2) is 44.3 Å². The molecule has 0 saturated carbocycles. The molecule has 0 saturated heterocycles. The molecule has 0 aromatic rings. The summed E-state index contributed by atoms with van der Waals surface area (Å²) < 4.78 is 0. The average molecular weight is 201 g/mol. The smallest absolute Gasteiger partial charge is 0.137 e. The number of hydrogen-bond donors (Lipinski definition) is 4.